The molecular formula is C18H20BrClO7S. The average molecular weight is 496 g/mol. The Labute approximate surface area is 178 Å². The molecule has 1 aromatic carbocycles. The van der Waals surface area contributed by atoms with Crippen LogP contribution in [0.2, 0.25) is 5.02 Å². The molecule has 10 heteroatoms. The van der Waals surface area contributed by atoms with Gasteiger partial charge in [0.25, 0.3) is 0 Å². The van der Waals surface area contributed by atoms with Gasteiger partial charge in [-0.15, -0.1) is 11.3 Å². The third-order valence-electron chi connectivity index (χ3n) is 4.81. The Bertz CT molecular complexity index is 832. The second-order valence-electron chi connectivity index (χ2n) is 6.42. The van der Waals surface area contributed by atoms with E-state index in [1.54, 1.807) is 12.1 Å². The number of methoxy groups -OCH3 is 1. The third kappa shape index (κ3) is 3.77. The molecule has 1 aliphatic rings. The number of thiophene rings is 1. The summed E-state index contributed by atoms with van der Waals surface area (Å²) in [6.07, 6.45) is -7.00. The van der Waals surface area contributed by atoms with Crippen LogP contribution in [0.25, 0.3) is 0 Å². The summed E-state index contributed by atoms with van der Waals surface area (Å²) in [4.78, 5) is 0.645. The van der Waals surface area contributed by atoms with Gasteiger partial charge in [-0.25, -0.2) is 0 Å². The Balaban J connectivity index is 2.06. The van der Waals surface area contributed by atoms with Crippen LogP contribution in [0, 0.1) is 0 Å². The van der Waals surface area contributed by atoms with Gasteiger partial charge in [-0.3, -0.25) is 0 Å². The maximum Gasteiger partial charge on any atom is 0.224 e. The van der Waals surface area contributed by atoms with Gasteiger partial charge in [0, 0.05) is 28.1 Å². The number of rotatable bonds is 5. The number of benzene rings is 1. The first kappa shape index (κ1) is 22.1. The molecule has 0 spiro atoms. The van der Waals surface area contributed by atoms with Crippen LogP contribution in [0.15, 0.2) is 34.1 Å². The lowest BCUT2D eigenvalue weighted by Crippen LogP contribution is -2.64. The Morgan fingerprint density at radius 2 is 1.96 bits per heavy atom. The van der Waals surface area contributed by atoms with Crippen LogP contribution < -0.4 is 0 Å². The molecule has 2 heterocycles. The highest BCUT2D eigenvalue weighted by Gasteiger charge is 2.55. The fourth-order valence-electron chi connectivity index (χ4n) is 3.27. The molecule has 0 aliphatic carbocycles. The predicted molar refractivity (Wildman–Crippen MR) is 106 cm³/mol. The maximum atomic E-state index is 10.8. The molecule has 6 atom stereocenters. The molecule has 1 aromatic heterocycles. The van der Waals surface area contributed by atoms with Gasteiger partial charge in [0.05, 0.1) is 10.4 Å². The predicted octanol–water partition coefficient (Wildman–Crippen LogP) is 1.52. The molecule has 5 N–H and O–H groups in total. The number of aliphatic hydroxyl groups excluding tert-OH is 5. The molecule has 3 rings (SSSR count). The number of ether oxygens (including phenoxy) is 2. The zero-order chi connectivity index (χ0) is 20.6. The van der Waals surface area contributed by atoms with Crippen LogP contribution in [-0.2, 0) is 15.3 Å². The van der Waals surface area contributed by atoms with Crippen molar-refractivity contribution in [2.45, 2.75) is 36.3 Å². The van der Waals surface area contributed by atoms with E-state index in [9.17, 15) is 25.5 Å². The molecule has 7 nitrogen and oxygen atoms in total. The van der Waals surface area contributed by atoms with Gasteiger partial charge in [-0.2, -0.15) is 0 Å². The van der Waals surface area contributed by atoms with Gasteiger partial charge in [-0.1, -0.05) is 17.7 Å². The molecule has 28 heavy (non-hydrogen) atoms. The van der Waals surface area contributed by atoms with E-state index in [4.69, 9.17) is 21.1 Å². The normalized spacial score (nSPS) is 31.7. The standard InChI is InChI=1S/C18H20BrClO7S/c1-26-18(17(25)16(24)15(23)11(7-21)27-18)8-2-3-10(20)9(6-8)14(22)12-4-5-13(19)28-12/h2-6,11,14-17,21-25H,7H2,1H3/t11?,14?,15-,16?,17-,18?/m1/s1. The van der Waals surface area contributed by atoms with E-state index in [0.29, 0.717) is 10.4 Å². The largest absolute Gasteiger partial charge is 0.394 e. The zero-order valence-corrected chi connectivity index (χ0v) is 17.9. The van der Waals surface area contributed by atoms with Crippen molar-refractivity contribution < 1.29 is 35.0 Å². The van der Waals surface area contributed by atoms with Crippen molar-refractivity contribution in [3.63, 3.8) is 0 Å². The van der Waals surface area contributed by atoms with Crippen molar-refractivity contribution in [3.05, 3.63) is 55.1 Å². The van der Waals surface area contributed by atoms with E-state index in [-0.39, 0.29) is 10.6 Å². The summed E-state index contributed by atoms with van der Waals surface area (Å²) < 4.78 is 11.9. The van der Waals surface area contributed by atoms with Gasteiger partial charge in [0.15, 0.2) is 0 Å². The lowest BCUT2D eigenvalue weighted by Gasteiger charge is -2.47. The first-order chi connectivity index (χ1) is 13.2. The summed E-state index contributed by atoms with van der Waals surface area (Å²) in [5, 5.41) is 51.4. The molecule has 4 unspecified atom stereocenters. The zero-order valence-electron chi connectivity index (χ0n) is 14.7. The highest BCUT2D eigenvalue weighted by Crippen LogP contribution is 2.42. The Kier molecular flexibility index (Phi) is 6.83. The Morgan fingerprint density at radius 3 is 2.54 bits per heavy atom. The fourth-order valence-corrected chi connectivity index (χ4v) is 4.91. The average Bonchev–Trinajstić information content (AvgIpc) is 3.13. The Morgan fingerprint density at radius 1 is 1.25 bits per heavy atom. The van der Waals surface area contributed by atoms with Crippen molar-refractivity contribution in [2.75, 3.05) is 13.7 Å². The molecule has 1 saturated heterocycles. The highest BCUT2D eigenvalue weighted by molar-refractivity contribution is 9.11. The lowest BCUT2D eigenvalue weighted by molar-refractivity contribution is -0.366. The van der Waals surface area contributed by atoms with Crippen molar-refractivity contribution in [1.82, 2.24) is 0 Å². The summed E-state index contributed by atoms with van der Waals surface area (Å²) in [7, 11) is 1.27. The van der Waals surface area contributed by atoms with Crippen LogP contribution in [0.5, 0.6) is 0 Å². The minimum Gasteiger partial charge on any atom is -0.394 e. The fraction of sp³-hybridized carbons (Fsp3) is 0.444. The number of aliphatic hydroxyl groups is 5. The van der Waals surface area contributed by atoms with E-state index in [0.717, 1.165) is 3.79 Å². The Hall–Kier alpha value is -0.590. The van der Waals surface area contributed by atoms with Gasteiger partial charge in [0.1, 0.15) is 30.5 Å². The van der Waals surface area contributed by atoms with E-state index in [1.165, 1.54) is 36.6 Å². The summed E-state index contributed by atoms with van der Waals surface area (Å²) >= 11 is 11.0. The van der Waals surface area contributed by atoms with Gasteiger partial charge < -0.3 is 35.0 Å². The molecule has 0 radical (unpaired) electrons. The van der Waals surface area contributed by atoms with E-state index in [2.05, 4.69) is 15.9 Å². The molecule has 0 amide bonds. The second kappa shape index (κ2) is 8.65. The highest BCUT2D eigenvalue weighted by atomic mass is 79.9. The first-order valence-corrected chi connectivity index (χ1v) is 10.3. The number of hydrogen-bond acceptors (Lipinski definition) is 8. The SMILES string of the molecule is COC1(c2ccc(Cl)c(C(O)c3ccc(Br)s3)c2)OC(CO)[C@@H](O)C(O)[C@H]1O. The maximum absolute atomic E-state index is 10.8. The van der Waals surface area contributed by atoms with Crippen LogP contribution in [0.1, 0.15) is 22.1 Å². The minimum absolute atomic E-state index is 0.265. The topological polar surface area (TPSA) is 120 Å². The molecule has 0 bridgehead atoms. The van der Waals surface area contributed by atoms with Crippen molar-refractivity contribution in [2.24, 2.45) is 0 Å². The van der Waals surface area contributed by atoms with Crippen molar-refractivity contribution in [1.29, 1.82) is 0 Å². The van der Waals surface area contributed by atoms with Crippen molar-refractivity contribution >= 4 is 38.9 Å². The van der Waals surface area contributed by atoms with Gasteiger partial charge >= 0.3 is 0 Å². The summed E-state index contributed by atoms with van der Waals surface area (Å²) in [5.41, 5.74) is 0.614. The van der Waals surface area contributed by atoms with Crippen LogP contribution in [0.4, 0.5) is 0 Å². The number of halogens is 2. The smallest absolute Gasteiger partial charge is 0.224 e. The molecule has 0 saturated carbocycles. The first-order valence-electron chi connectivity index (χ1n) is 8.36. The molecule has 1 fully saturated rings. The number of hydrogen-bond donors (Lipinski definition) is 5. The summed E-state index contributed by atoms with van der Waals surface area (Å²) in [5.74, 6) is -1.87. The van der Waals surface area contributed by atoms with Crippen molar-refractivity contribution in [3.8, 4) is 0 Å². The third-order valence-corrected chi connectivity index (χ3v) is 6.83. The molecular weight excluding hydrogens is 476 g/mol. The molecule has 2 aromatic rings. The second-order valence-corrected chi connectivity index (χ2v) is 9.32. The van der Waals surface area contributed by atoms with Crippen LogP contribution in [-0.4, -0.2) is 63.7 Å². The minimum atomic E-state index is -1.87. The van der Waals surface area contributed by atoms with Gasteiger partial charge in [0.2, 0.25) is 5.79 Å². The molecule has 154 valence electrons. The lowest BCUT2D eigenvalue weighted by atomic mass is 9.87. The van der Waals surface area contributed by atoms with E-state index in [1.807, 2.05) is 0 Å². The van der Waals surface area contributed by atoms with E-state index >= 15 is 0 Å². The summed E-state index contributed by atoms with van der Waals surface area (Å²) in [6, 6.07) is 8.10. The molecule has 1 aliphatic heterocycles. The summed E-state index contributed by atoms with van der Waals surface area (Å²) in [6.45, 7) is -0.595. The quantitative estimate of drug-likeness (QED) is 0.427. The van der Waals surface area contributed by atoms with Gasteiger partial charge in [-0.05, 0) is 40.2 Å². The van der Waals surface area contributed by atoms with E-state index < -0.39 is 42.9 Å². The van der Waals surface area contributed by atoms with Crippen LogP contribution >= 0.6 is 38.9 Å². The van der Waals surface area contributed by atoms with Crippen LogP contribution in [0.3, 0.4) is 0 Å². The monoisotopic (exact) mass is 494 g/mol.